The summed E-state index contributed by atoms with van der Waals surface area (Å²) in [6, 6.07) is 5.98. The summed E-state index contributed by atoms with van der Waals surface area (Å²) >= 11 is 0. The number of aromatic nitrogens is 4. The van der Waals surface area contributed by atoms with Gasteiger partial charge in [0.2, 0.25) is 0 Å². The first-order valence-electron chi connectivity index (χ1n) is 8.96. The predicted octanol–water partition coefficient (Wildman–Crippen LogP) is 3.71. The van der Waals surface area contributed by atoms with E-state index in [9.17, 15) is 4.79 Å². The van der Waals surface area contributed by atoms with E-state index >= 15 is 0 Å². The van der Waals surface area contributed by atoms with E-state index in [4.69, 9.17) is 0 Å². The molecule has 26 heavy (non-hydrogen) atoms. The first-order chi connectivity index (χ1) is 12.5. The van der Waals surface area contributed by atoms with E-state index in [1.165, 1.54) is 0 Å². The molecule has 0 atom stereocenters. The molecule has 0 spiro atoms. The lowest BCUT2D eigenvalue weighted by atomic mass is 10.1. The van der Waals surface area contributed by atoms with E-state index < -0.39 is 0 Å². The molecule has 0 aliphatic heterocycles. The standard InChI is InChI=1S/C20H25N5O/c1-14(2)11-24(12-16-6-5-7-21-9-16)20(26)17-8-18-19(22-10-17)25(13-23-18)15(3)4/h5-10,13-15H,11-12H2,1-4H3. The second-order valence-corrected chi connectivity index (χ2v) is 7.25. The van der Waals surface area contributed by atoms with Crippen molar-refractivity contribution in [2.75, 3.05) is 6.54 Å². The van der Waals surface area contributed by atoms with Gasteiger partial charge in [-0.15, -0.1) is 0 Å². The Kier molecular flexibility index (Phi) is 5.30. The quantitative estimate of drug-likeness (QED) is 0.679. The van der Waals surface area contributed by atoms with E-state index in [0.29, 0.717) is 24.6 Å². The molecule has 0 fully saturated rings. The van der Waals surface area contributed by atoms with Crippen LogP contribution in [0.1, 0.15) is 49.7 Å². The molecule has 3 heterocycles. The number of imidazole rings is 1. The molecular formula is C20H25N5O. The Morgan fingerprint density at radius 2 is 2.00 bits per heavy atom. The fraction of sp³-hybridized carbons (Fsp3) is 0.400. The Labute approximate surface area is 153 Å². The largest absolute Gasteiger partial charge is 0.334 e. The molecule has 0 N–H and O–H groups in total. The third-order valence-electron chi connectivity index (χ3n) is 4.19. The van der Waals surface area contributed by atoms with E-state index in [1.807, 2.05) is 27.7 Å². The van der Waals surface area contributed by atoms with Gasteiger partial charge < -0.3 is 9.47 Å². The van der Waals surface area contributed by atoms with Crippen LogP contribution >= 0.6 is 0 Å². The van der Waals surface area contributed by atoms with Gasteiger partial charge >= 0.3 is 0 Å². The Hall–Kier alpha value is -2.76. The van der Waals surface area contributed by atoms with Crippen LogP contribution in [0.25, 0.3) is 11.2 Å². The highest BCUT2D eigenvalue weighted by molar-refractivity contribution is 5.96. The molecule has 0 saturated heterocycles. The Morgan fingerprint density at radius 1 is 1.19 bits per heavy atom. The second-order valence-electron chi connectivity index (χ2n) is 7.25. The van der Waals surface area contributed by atoms with Crippen molar-refractivity contribution in [3.05, 3.63) is 54.2 Å². The Morgan fingerprint density at radius 3 is 2.65 bits per heavy atom. The average molecular weight is 351 g/mol. The molecule has 1 amide bonds. The van der Waals surface area contributed by atoms with Gasteiger partial charge in [-0.2, -0.15) is 0 Å². The monoisotopic (exact) mass is 351 g/mol. The maximum atomic E-state index is 13.1. The number of fused-ring (bicyclic) bond motifs is 1. The molecule has 3 aromatic rings. The van der Waals surface area contributed by atoms with Gasteiger partial charge in [0, 0.05) is 37.7 Å². The molecule has 6 nitrogen and oxygen atoms in total. The van der Waals surface area contributed by atoms with Crippen molar-refractivity contribution < 1.29 is 4.79 Å². The van der Waals surface area contributed by atoms with Crippen molar-refractivity contribution in [2.45, 2.75) is 40.3 Å². The zero-order valence-corrected chi connectivity index (χ0v) is 15.8. The average Bonchev–Trinajstić information content (AvgIpc) is 3.04. The molecule has 0 aliphatic rings. The van der Waals surface area contributed by atoms with Gasteiger partial charge in [-0.05, 0) is 37.5 Å². The SMILES string of the molecule is CC(C)CN(Cc1cccnc1)C(=O)c1cnc2c(c1)ncn2C(C)C. The predicted molar refractivity (Wildman–Crippen MR) is 102 cm³/mol. The molecule has 0 unspecified atom stereocenters. The van der Waals surface area contributed by atoms with Crippen LogP contribution in [0.15, 0.2) is 43.1 Å². The minimum Gasteiger partial charge on any atom is -0.334 e. The number of amides is 1. The molecule has 0 aromatic carbocycles. The van der Waals surface area contributed by atoms with Crippen molar-refractivity contribution >= 4 is 17.1 Å². The zero-order chi connectivity index (χ0) is 18.7. The number of pyridine rings is 2. The summed E-state index contributed by atoms with van der Waals surface area (Å²) in [6.07, 6.45) is 6.97. The minimum atomic E-state index is -0.0314. The summed E-state index contributed by atoms with van der Waals surface area (Å²) in [7, 11) is 0. The highest BCUT2D eigenvalue weighted by Gasteiger charge is 2.19. The molecule has 0 bridgehead atoms. The molecule has 0 aliphatic carbocycles. The summed E-state index contributed by atoms with van der Waals surface area (Å²) in [4.78, 5) is 28.0. The van der Waals surface area contributed by atoms with Crippen LogP contribution < -0.4 is 0 Å². The van der Waals surface area contributed by atoms with E-state index in [0.717, 1.165) is 16.7 Å². The van der Waals surface area contributed by atoms with Gasteiger partial charge in [0.25, 0.3) is 5.91 Å². The first kappa shape index (κ1) is 18.0. The number of carbonyl (C=O) groups excluding carboxylic acids is 1. The lowest BCUT2D eigenvalue weighted by molar-refractivity contribution is 0.0722. The fourth-order valence-electron chi connectivity index (χ4n) is 2.97. The summed E-state index contributed by atoms with van der Waals surface area (Å²) in [5, 5.41) is 0. The summed E-state index contributed by atoms with van der Waals surface area (Å²) in [6.45, 7) is 9.58. The van der Waals surface area contributed by atoms with Crippen molar-refractivity contribution in [1.29, 1.82) is 0 Å². The van der Waals surface area contributed by atoms with Crippen LogP contribution in [0.4, 0.5) is 0 Å². The second kappa shape index (κ2) is 7.64. The third-order valence-corrected chi connectivity index (χ3v) is 4.19. The van der Waals surface area contributed by atoms with Crippen LogP contribution in [0, 0.1) is 5.92 Å². The topological polar surface area (TPSA) is 63.9 Å². The molecule has 3 rings (SSSR count). The minimum absolute atomic E-state index is 0.0314. The van der Waals surface area contributed by atoms with Gasteiger partial charge in [0.05, 0.1) is 11.9 Å². The van der Waals surface area contributed by atoms with Crippen molar-refractivity contribution in [3.63, 3.8) is 0 Å². The van der Waals surface area contributed by atoms with Crippen LogP contribution in [0.5, 0.6) is 0 Å². The Balaban J connectivity index is 1.89. The number of hydrogen-bond acceptors (Lipinski definition) is 4. The number of rotatable bonds is 6. The first-order valence-corrected chi connectivity index (χ1v) is 8.96. The Bertz CT molecular complexity index is 886. The van der Waals surface area contributed by atoms with E-state index in [1.54, 1.807) is 24.9 Å². The van der Waals surface area contributed by atoms with Gasteiger partial charge in [-0.1, -0.05) is 19.9 Å². The maximum absolute atomic E-state index is 13.1. The lowest BCUT2D eigenvalue weighted by Gasteiger charge is -2.24. The zero-order valence-electron chi connectivity index (χ0n) is 15.8. The van der Waals surface area contributed by atoms with Crippen LogP contribution in [-0.2, 0) is 6.54 Å². The fourth-order valence-corrected chi connectivity index (χ4v) is 2.97. The normalized spacial score (nSPS) is 11.5. The van der Waals surface area contributed by atoms with Crippen molar-refractivity contribution in [1.82, 2.24) is 24.4 Å². The summed E-state index contributed by atoms with van der Waals surface area (Å²) in [5.74, 6) is 0.337. The summed E-state index contributed by atoms with van der Waals surface area (Å²) < 4.78 is 2.01. The maximum Gasteiger partial charge on any atom is 0.255 e. The molecule has 0 saturated carbocycles. The molecular weight excluding hydrogens is 326 g/mol. The van der Waals surface area contributed by atoms with Crippen LogP contribution in [0.3, 0.4) is 0 Å². The summed E-state index contributed by atoms with van der Waals surface area (Å²) in [5.41, 5.74) is 3.13. The van der Waals surface area contributed by atoms with Crippen molar-refractivity contribution in [3.8, 4) is 0 Å². The third kappa shape index (κ3) is 3.90. The molecule has 136 valence electrons. The molecule has 6 heteroatoms. The number of carbonyl (C=O) groups is 1. The van der Waals surface area contributed by atoms with Crippen LogP contribution in [-0.4, -0.2) is 36.9 Å². The van der Waals surface area contributed by atoms with Crippen molar-refractivity contribution in [2.24, 2.45) is 5.92 Å². The van der Waals surface area contributed by atoms with Gasteiger partial charge in [-0.25, -0.2) is 9.97 Å². The lowest BCUT2D eigenvalue weighted by Crippen LogP contribution is -2.33. The van der Waals surface area contributed by atoms with Gasteiger partial charge in [0.15, 0.2) is 5.65 Å². The molecule has 3 aromatic heterocycles. The van der Waals surface area contributed by atoms with E-state index in [-0.39, 0.29) is 11.9 Å². The van der Waals surface area contributed by atoms with Gasteiger partial charge in [-0.3, -0.25) is 9.78 Å². The highest BCUT2D eigenvalue weighted by Crippen LogP contribution is 2.18. The highest BCUT2D eigenvalue weighted by atomic mass is 16.2. The van der Waals surface area contributed by atoms with Gasteiger partial charge in [0.1, 0.15) is 5.52 Å². The number of hydrogen-bond donors (Lipinski definition) is 0. The van der Waals surface area contributed by atoms with Crippen LogP contribution in [0.2, 0.25) is 0 Å². The molecule has 0 radical (unpaired) electrons. The number of nitrogens with zero attached hydrogens (tertiary/aromatic N) is 5. The van der Waals surface area contributed by atoms with E-state index in [2.05, 4.69) is 42.6 Å². The smallest absolute Gasteiger partial charge is 0.255 e.